The molecule has 0 aliphatic carbocycles. The molecular weight excluding hydrogens is 443 g/mol. The Morgan fingerprint density at radius 1 is 1.10 bits per heavy atom. The first-order valence-electron chi connectivity index (χ1n) is 9.37. The van der Waals surface area contributed by atoms with Gasteiger partial charge in [0.1, 0.15) is 17.3 Å². The Morgan fingerprint density at radius 2 is 1.74 bits per heavy atom. The lowest BCUT2D eigenvalue weighted by molar-refractivity contribution is 0.343. The first-order valence-corrected chi connectivity index (χ1v) is 11.8. The molecule has 166 valence electrons. The Morgan fingerprint density at radius 3 is 2.39 bits per heavy atom. The third-order valence-electron chi connectivity index (χ3n) is 4.35. The molecule has 11 heteroatoms. The molecule has 1 atom stereocenters. The molecule has 0 radical (unpaired) electrons. The van der Waals surface area contributed by atoms with Crippen molar-refractivity contribution in [3.8, 4) is 11.5 Å². The summed E-state index contributed by atoms with van der Waals surface area (Å²) in [5.41, 5.74) is 0. The zero-order valence-electron chi connectivity index (χ0n) is 17.3. The van der Waals surface area contributed by atoms with Crippen molar-refractivity contribution < 1.29 is 22.3 Å². The molecule has 31 heavy (non-hydrogen) atoms. The second-order valence-corrected chi connectivity index (χ2v) is 9.35. The van der Waals surface area contributed by atoms with Gasteiger partial charge in [-0.2, -0.15) is 0 Å². The summed E-state index contributed by atoms with van der Waals surface area (Å²) in [6.07, 6.45) is 0. The summed E-state index contributed by atoms with van der Waals surface area (Å²) in [5.74, 6) is 1.92. The van der Waals surface area contributed by atoms with Crippen LogP contribution in [0.4, 0.5) is 4.39 Å². The van der Waals surface area contributed by atoms with Crippen molar-refractivity contribution in [3.05, 3.63) is 60.2 Å². The Balaban J connectivity index is 1.57. The molecule has 0 unspecified atom stereocenters. The van der Waals surface area contributed by atoms with Gasteiger partial charge in [0.2, 0.25) is 10.0 Å². The highest BCUT2D eigenvalue weighted by atomic mass is 32.2. The summed E-state index contributed by atoms with van der Waals surface area (Å²) in [6, 6.07) is 11.4. The van der Waals surface area contributed by atoms with Crippen molar-refractivity contribution in [2.75, 3.05) is 19.5 Å². The highest BCUT2D eigenvalue weighted by Gasteiger charge is 2.22. The Bertz CT molecular complexity index is 1100. The van der Waals surface area contributed by atoms with Gasteiger partial charge in [-0.1, -0.05) is 11.8 Å². The second kappa shape index (κ2) is 10.1. The number of hydrogen-bond acceptors (Lipinski definition) is 7. The number of nitrogens with one attached hydrogen (secondary N) is 1. The number of thioether (sulfide) groups is 1. The smallest absolute Gasteiger partial charge is 0.241 e. The number of aromatic nitrogens is 3. The first kappa shape index (κ1) is 23.0. The normalized spacial score (nSPS) is 12.5. The molecule has 1 N–H and O–H groups in total. The lowest BCUT2D eigenvalue weighted by Gasteiger charge is -2.14. The van der Waals surface area contributed by atoms with E-state index in [0.717, 1.165) is 0 Å². The minimum absolute atomic E-state index is 0.134. The molecule has 0 aliphatic heterocycles. The van der Waals surface area contributed by atoms with Crippen molar-refractivity contribution >= 4 is 21.8 Å². The average molecular weight is 467 g/mol. The zero-order chi connectivity index (χ0) is 22.4. The van der Waals surface area contributed by atoms with Gasteiger partial charge >= 0.3 is 0 Å². The topological polar surface area (TPSA) is 95.3 Å². The van der Waals surface area contributed by atoms with Crippen LogP contribution in [0.25, 0.3) is 0 Å². The van der Waals surface area contributed by atoms with Gasteiger partial charge in [0.15, 0.2) is 11.0 Å². The molecule has 0 saturated carbocycles. The van der Waals surface area contributed by atoms with Gasteiger partial charge in [-0.3, -0.25) is 0 Å². The zero-order valence-corrected chi connectivity index (χ0v) is 18.9. The fourth-order valence-corrected chi connectivity index (χ4v) is 4.70. The fourth-order valence-electron chi connectivity index (χ4n) is 2.76. The van der Waals surface area contributed by atoms with E-state index in [9.17, 15) is 12.8 Å². The molecule has 1 aromatic heterocycles. The van der Waals surface area contributed by atoms with Crippen LogP contribution >= 0.6 is 11.8 Å². The molecule has 0 fully saturated rings. The Labute approximate surface area is 184 Å². The number of ether oxygens (including phenoxy) is 2. The van der Waals surface area contributed by atoms with Gasteiger partial charge in [-0.05, 0) is 55.5 Å². The Hall–Kier alpha value is -2.63. The van der Waals surface area contributed by atoms with Crippen LogP contribution in [-0.4, -0.2) is 42.7 Å². The van der Waals surface area contributed by atoms with Gasteiger partial charge in [-0.25, -0.2) is 17.5 Å². The van der Waals surface area contributed by atoms with Crippen LogP contribution in [0.3, 0.4) is 0 Å². The molecule has 3 aromatic rings. The molecule has 0 saturated heterocycles. The summed E-state index contributed by atoms with van der Waals surface area (Å²) >= 11 is 1.43. The van der Waals surface area contributed by atoms with Crippen molar-refractivity contribution in [1.82, 2.24) is 19.5 Å². The van der Waals surface area contributed by atoms with E-state index in [1.54, 1.807) is 42.8 Å². The first-order chi connectivity index (χ1) is 14.8. The highest BCUT2D eigenvalue weighted by Crippen LogP contribution is 2.22. The van der Waals surface area contributed by atoms with E-state index in [0.29, 0.717) is 34.8 Å². The maximum Gasteiger partial charge on any atom is 0.241 e. The number of halogens is 1. The lowest BCUT2D eigenvalue weighted by Crippen LogP contribution is -2.28. The second-order valence-electron chi connectivity index (χ2n) is 6.57. The van der Waals surface area contributed by atoms with Crippen molar-refractivity contribution in [2.24, 2.45) is 7.05 Å². The SMILES string of the molecule is COc1ccc(S(=O)(=O)N[C@@H](C)c2nnc(SCCOc3ccc(F)cc3)n2C)cc1. The van der Waals surface area contributed by atoms with Crippen molar-refractivity contribution in [1.29, 1.82) is 0 Å². The summed E-state index contributed by atoms with van der Waals surface area (Å²) in [6.45, 7) is 2.11. The monoisotopic (exact) mass is 466 g/mol. The minimum atomic E-state index is -3.73. The summed E-state index contributed by atoms with van der Waals surface area (Å²) in [5, 5.41) is 8.90. The maximum absolute atomic E-state index is 12.9. The molecule has 8 nitrogen and oxygen atoms in total. The van der Waals surface area contributed by atoms with E-state index in [1.165, 1.54) is 43.1 Å². The fraction of sp³-hybridized carbons (Fsp3) is 0.300. The van der Waals surface area contributed by atoms with E-state index in [1.807, 2.05) is 0 Å². The van der Waals surface area contributed by atoms with Crippen LogP contribution in [0.2, 0.25) is 0 Å². The van der Waals surface area contributed by atoms with Crippen LogP contribution in [0, 0.1) is 5.82 Å². The van der Waals surface area contributed by atoms with Crippen molar-refractivity contribution in [2.45, 2.75) is 23.0 Å². The molecule has 2 aromatic carbocycles. The minimum Gasteiger partial charge on any atom is -0.497 e. The largest absolute Gasteiger partial charge is 0.497 e. The summed E-state index contributed by atoms with van der Waals surface area (Å²) < 4.78 is 53.2. The van der Waals surface area contributed by atoms with Gasteiger partial charge in [-0.15, -0.1) is 10.2 Å². The number of rotatable bonds is 10. The maximum atomic E-state index is 12.9. The highest BCUT2D eigenvalue weighted by molar-refractivity contribution is 7.99. The van der Waals surface area contributed by atoms with E-state index < -0.39 is 16.1 Å². The molecule has 0 aliphatic rings. The lowest BCUT2D eigenvalue weighted by atomic mass is 10.3. The van der Waals surface area contributed by atoms with Gasteiger partial charge < -0.3 is 14.0 Å². The van der Waals surface area contributed by atoms with Crippen molar-refractivity contribution in [3.63, 3.8) is 0 Å². The van der Waals surface area contributed by atoms with E-state index in [2.05, 4.69) is 14.9 Å². The third kappa shape index (κ3) is 5.96. The summed E-state index contributed by atoms with van der Waals surface area (Å²) in [7, 11) is -0.444. The number of nitrogens with zero attached hydrogens (tertiary/aromatic N) is 3. The average Bonchev–Trinajstić information content (AvgIpc) is 3.12. The van der Waals surface area contributed by atoms with E-state index in [4.69, 9.17) is 9.47 Å². The quantitative estimate of drug-likeness (QED) is 0.362. The molecule has 0 spiro atoms. The molecular formula is C20H23FN4O4S2. The van der Waals surface area contributed by atoms with Crippen LogP contribution in [0.1, 0.15) is 18.8 Å². The van der Waals surface area contributed by atoms with Gasteiger partial charge in [0.25, 0.3) is 0 Å². The van der Waals surface area contributed by atoms with Crippen LogP contribution < -0.4 is 14.2 Å². The predicted octanol–water partition coefficient (Wildman–Crippen LogP) is 3.17. The van der Waals surface area contributed by atoms with Gasteiger partial charge in [0, 0.05) is 12.8 Å². The molecule has 0 bridgehead atoms. The van der Waals surface area contributed by atoms with Gasteiger partial charge in [0.05, 0.1) is 24.7 Å². The van der Waals surface area contributed by atoms with Crippen LogP contribution in [0.15, 0.2) is 58.6 Å². The summed E-state index contributed by atoms with van der Waals surface area (Å²) in [4.78, 5) is 0.134. The predicted molar refractivity (Wildman–Crippen MR) is 115 cm³/mol. The van der Waals surface area contributed by atoms with Crippen LogP contribution in [0.5, 0.6) is 11.5 Å². The Kier molecular flexibility index (Phi) is 7.52. The number of sulfonamides is 1. The van der Waals surface area contributed by atoms with E-state index in [-0.39, 0.29) is 10.7 Å². The molecule has 3 rings (SSSR count). The van der Waals surface area contributed by atoms with Crippen LogP contribution in [-0.2, 0) is 17.1 Å². The molecule has 0 amide bonds. The van der Waals surface area contributed by atoms with E-state index >= 15 is 0 Å². The standard InChI is InChI=1S/C20H23FN4O4S2/c1-14(24-31(26,27)18-10-8-16(28-3)9-11-18)19-22-23-20(25(19)2)30-13-12-29-17-6-4-15(21)5-7-17/h4-11,14,24H,12-13H2,1-3H3/t14-/m0/s1. The molecule has 1 heterocycles. The number of hydrogen-bond donors (Lipinski definition) is 1. The number of methoxy groups -OCH3 is 1. The third-order valence-corrected chi connectivity index (χ3v) is 6.90. The number of benzene rings is 2.